The van der Waals surface area contributed by atoms with E-state index < -0.39 is 0 Å². The number of nitrogens with one attached hydrogen (secondary N) is 1. The average Bonchev–Trinajstić information content (AvgIpc) is 3.04. The number of H-pyrrole nitrogens is 1. The van der Waals surface area contributed by atoms with E-state index in [4.69, 9.17) is 34.8 Å². The molecule has 5 nitrogen and oxygen atoms in total. The molecule has 0 radical (unpaired) electrons. The second kappa shape index (κ2) is 7.76. The summed E-state index contributed by atoms with van der Waals surface area (Å²) in [4.78, 5) is 27.0. The number of hydrogen-bond donors (Lipinski definition) is 1. The van der Waals surface area contributed by atoms with Crippen molar-refractivity contribution in [2.75, 3.05) is 19.6 Å². The van der Waals surface area contributed by atoms with Gasteiger partial charge in [0, 0.05) is 28.1 Å². The van der Waals surface area contributed by atoms with Gasteiger partial charge in [0.2, 0.25) is 0 Å². The first-order chi connectivity index (χ1) is 13.0. The SMILES string of the molecule is O=C(CN1CCCC(c2nc3nc(Cl)ccc3[nH]2)C1)c1cc(Cl)cc(Cl)c1. The third kappa shape index (κ3) is 4.27. The molecule has 0 amide bonds. The lowest BCUT2D eigenvalue weighted by atomic mass is 9.97. The number of nitrogens with zero attached hydrogens (tertiary/aromatic N) is 3. The first-order valence-corrected chi connectivity index (χ1v) is 9.85. The highest BCUT2D eigenvalue weighted by Gasteiger charge is 2.25. The molecule has 1 aliphatic rings. The van der Waals surface area contributed by atoms with Gasteiger partial charge in [-0.15, -0.1) is 0 Å². The second-order valence-electron chi connectivity index (χ2n) is 6.78. The van der Waals surface area contributed by atoms with E-state index in [0.717, 1.165) is 37.3 Å². The second-order valence-corrected chi connectivity index (χ2v) is 8.04. The number of hydrogen-bond acceptors (Lipinski definition) is 4. The minimum Gasteiger partial charge on any atom is -0.340 e. The molecule has 0 bridgehead atoms. The van der Waals surface area contributed by atoms with Crippen molar-refractivity contribution in [3.05, 3.63) is 56.9 Å². The van der Waals surface area contributed by atoms with Crippen LogP contribution in [0.2, 0.25) is 15.2 Å². The summed E-state index contributed by atoms with van der Waals surface area (Å²) in [5.74, 6) is 1.13. The predicted molar refractivity (Wildman–Crippen MR) is 108 cm³/mol. The van der Waals surface area contributed by atoms with Gasteiger partial charge in [0.25, 0.3) is 0 Å². The Morgan fingerprint density at radius 3 is 2.70 bits per heavy atom. The Labute approximate surface area is 171 Å². The van der Waals surface area contributed by atoms with Crippen LogP contribution in [-0.4, -0.2) is 45.3 Å². The molecule has 1 saturated heterocycles. The number of benzene rings is 1. The van der Waals surface area contributed by atoms with E-state index in [2.05, 4.69) is 19.9 Å². The normalized spacial score (nSPS) is 18.1. The monoisotopic (exact) mass is 422 g/mol. The first-order valence-electron chi connectivity index (χ1n) is 8.72. The number of imidazole rings is 1. The minimum atomic E-state index is 0.0121. The molecule has 0 spiro atoms. The van der Waals surface area contributed by atoms with Gasteiger partial charge in [-0.3, -0.25) is 9.69 Å². The van der Waals surface area contributed by atoms with Gasteiger partial charge in [0.1, 0.15) is 11.0 Å². The van der Waals surface area contributed by atoms with E-state index >= 15 is 0 Å². The van der Waals surface area contributed by atoms with Crippen LogP contribution in [0.3, 0.4) is 0 Å². The van der Waals surface area contributed by atoms with Crippen molar-refractivity contribution in [2.45, 2.75) is 18.8 Å². The van der Waals surface area contributed by atoms with Crippen molar-refractivity contribution in [2.24, 2.45) is 0 Å². The van der Waals surface area contributed by atoms with Crippen molar-refractivity contribution in [1.82, 2.24) is 19.9 Å². The van der Waals surface area contributed by atoms with Crippen LogP contribution in [0.25, 0.3) is 11.2 Å². The highest BCUT2D eigenvalue weighted by atomic mass is 35.5. The zero-order chi connectivity index (χ0) is 19.0. The van der Waals surface area contributed by atoms with Crippen molar-refractivity contribution in [3.8, 4) is 0 Å². The fourth-order valence-electron chi connectivity index (χ4n) is 3.51. The Hall–Kier alpha value is -1.66. The zero-order valence-corrected chi connectivity index (χ0v) is 16.7. The minimum absolute atomic E-state index is 0.0121. The van der Waals surface area contributed by atoms with Crippen LogP contribution >= 0.6 is 34.8 Å². The molecular formula is C19H17Cl3N4O. The van der Waals surface area contributed by atoms with Gasteiger partial charge < -0.3 is 4.98 Å². The van der Waals surface area contributed by atoms with Gasteiger partial charge in [-0.25, -0.2) is 9.97 Å². The van der Waals surface area contributed by atoms with E-state index in [1.54, 1.807) is 24.3 Å². The van der Waals surface area contributed by atoms with Gasteiger partial charge in [0.05, 0.1) is 12.1 Å². The Kier molecular flexibility index (Phi) is 5.37. The van der Waals surface area contributed by atoms with Gasteiger partial charge >= 0.3 is 0 Å². The predicted octanol–water partition coefficient (Wildman–Crippen LogP) is 4.98. The van der Waals surface area contributed by atoms with Crippen LogP contribution in [0.5, 0.6) is 0 Å². The zero-order valence-electron chi connectivity index (χ0n) is 14.4. The topological polar surface area (TPSA) is 61.9 Å². The van der Waals surface area contributed by atoms with Crippen molar-refractivity contribution in [1.29, 1.82) is 0 Å². The summed E-state index contributed by atoms with van der Waals surface area (Å²) in [7, 11) is 0. The number of ketones is 1. The number of fused-ring (bicyclic) bond motifs is 1. The number of halogens is 3. The maximum Gasteiger partial charge on any atom is 0.179 e. The fraction of sp³-hybridized carbons (Fsp3) is 0.316. The lowest BCUT2D eigenvalue weighted by molar-refractivity contribution is 0.0905. The third-order valence-electron chi connectivity index (χ3n) is 4.77. The molecule has 1 N–H and O–H groups in total. The maximum absolute atomic E-state index is 12.6. The Morgan fingerprint density at radius 2 is 1.93 bits per heavy atom. The van der Waals surface area contributed by atoms with Crippen LogP contribution in [0.4, 0.5) is 0 Å². The van der Waals surface area contributed by atoms with Gasteiger partial charge in [0.15, 0.2) is 11.4 Å². The van der Waals surface area contributed by atoms with Gasteiger partial charge in [-0.2, -0.15) is 0 Å². The van der Waals surface area contributed by atoms with Crippen LogP contribution in [0, 0.1) is 0 Å². The Balaban J connectivity index is 1.48. The molecule has 0 aliphatic carbocycles. The van der Waals surface area contributed by atoms with Crippen LogP contribution in [-0.2, 0) is 0 Å². The average molecular weight is 424 g/mol. The lowest BCUT2D eigenvalue weighted by Crippen LogP contribution is -2.38. The van der Waals surface area contributed by atoms with Crippen molar-refractivity contribution < 1.29 is 4.79 Å². The highest BCUT2D eigenvalue weighted by Crippen LogP contribution is 2.27. The quantitative estimate of drug-likeness (QED) is 0.475. The smallest absolute Gasteiger partial charge is 0.179 e. The molecule has 1 fully saturated rings. The maximum atomic E-state index is 12.6. The number of Topliss-reactive ketones (excluding diaryl/α,β-unsaturated/α-hetero) is 1. The largest absolute Gasteiger partial charge is 0.340 e. The van der Waals surface area contributed by atoms with Crippen molar-refractivity contribution in [3.63, 3.8) is 0 Å². The Bertz CT molecular complexity index is 984. The molecule has 1 unspecified atom stereocenters. The number of piperidine rings is 1. The van der Waals surface area contributed by atoms with E-state index in [9.17, 15) is 4.79 Å². The van der Waals surface area contributed by atoms with Crippen molar-refractivity contribution >= 4 is 51.7 Å². The highest BCUT2D eigenvalue weighted by molar-refractivity contribution is 6.35. The molecule has 1 atom stereocenters. The number of pyridine rings is 1. The number of aromatic amines is 1. The molecular weight excluding hydrogens is 407 g/mol. The van der Waals surface area contributed by atoms with Crippen LogP contribution in [0.15, 0.2) is 30.3 Å². The van der Waals surface area contributed by atoms with Gasteiger partial charge in [-0.05, 0) is 49.7 Å². The molecule has 1 aromatic carbocycles. The summed E-state index contributed by atoms with van der Waals surface area (Å²) in [6, 6.07) is 8.57. The van der Waals surface area contributed by atoms with E-state index in [1.165, 1.54) is 0 Å². The molecule has 3 aromatic rings. The molecule has 4 rings (SSSR count). The van der Waals surface area contributed by atoms with Crippen LogP contribution < -0.4 is 0 Å². The Morgan fingerprint density at radius 1 is 1.15 bits per heavy atom. The first kappa shape index (κ1) is 18.7. The lowest BCUT2D eigenvalue weighted by Gasteiger charge is -2.31. The van der Waals surface area contributed by atoms with Gasteiger partial charge in [-0.1, -0.05) is 34.8 Å². The molecule has 2 aromatic heterocycles. The fourth-order valence-corrected chi connectivity index (χ4v) is 4.18. The molecule has 3 heterocycles. The molecule has 27 heavy (non-hydrogen) atoms. The standard InChI is InChI=1S/C19H17Cl3N4O/c20-13-6-12(7-14(21)8-13)16(27)10-26-5-1-2-11(9-26)18-23-15-3-4-17(22)24-19(15)25-18/h3-4,6-8,11H,1-2,5,9-10H2,(H,23,24,25). The number of rotatable bonds is 4. The molecule has 8 heteroatoms. The van der Waals surface area contributed by atoms with E-state index in [0.29, 0.717) is 33.0 Å². The summed E-state index contributed by atoms with van der Waals surface area (Å²) in [6.45, 7) is 1.96. The summed E-state index contributed by atoms with van der Waals surface area (Å²) in [6.07, 6.45) is 2.01. The summed E-state index contributed by atoms with van der Waals surface area (Å²) in [5.41, 5.74) is 2.03. The van der Waals surface area contributed by atoms with E-state index in [-0.39, 0.29) is 11.7 Å². The summed E-state index contributed by atoms with van der Waals surface area (Å²) < 4.78 is 0. The van der Waals surface area contributed by atoms with Crippen LogP contribution in [0.1, 0.15) is 34.9 Å². The molecule has 140 valence electrons. The molecule has 0 saturated carbocycles. The number of aromatic nitrogens is 3. The number of carbonyl (C=O) groups excluding carboxylic acids is 1. The number of carbonyl (C=O) groups is 1. The molecule has 1 aliphatic heterocycles. The third-order valence-corrected chi connectivity index (χ3v) is 5.42. The number of likely N-dealkylation sites (tertiary alicyclic amines) is 1. The van der Waals surface area contributed by atoms with E-state index in [1.807, 2.05) is 6.07 Å². The summed E-state index contributed by atoms with van der Waals surface area (Å²) >= 11 is 18.0. The summed E-state index contributed by atoms with van der Waals surface area (Å²) in [5, 5.41) is 1.36.